The summed E-state index contributed by atoms with van der Waals surface area (Å²) >= 11 is 6.04. The van der Waals surface area contributed by atoms with Crippen LogP contribution in [0.1, 0.15) is 18.1 Å². The number of benzene rings is 3. The van der Waals surface area contributed by atoms with E-state index < -0.39 is 0 Å². The lowest BCUT2D eigenvalue weighted by atomic mass is 10.1. The molecular weight excluding hydrogens is 396 g/mol. The number of imidazole rings is 1. The zero-order chi connectivity index (χ0) is 20.9. The second-order valence-electron chi connectivity index (χ2n) is 6.65. The summed E-state index contributed by atoms with van der Waals surface area (Å²) in [6.45, 7) is 1.94. The number of phenols is 1. The minimum Gasteiger partial charge on any atom is -0.507 e. The lowest BCUT2D eigenvalue weighted by Crippen LogP contribution is -1.98. The molecule has 4 rings (SSSR count). The van der Waals surface area contributed by atoms with Crippen LogP contribution in [0, 0.1) is 0 Å². The lowest BCUT2D eigenvalue weighted by Gasteiger charge is -2.02. The number of hydrogen-bond acceptors (Lipinski definition) is 4. The molecule has 0 bridgehead atoms. The van der Waals surface area contributed by atoms with E-state index in [1.807, 2.05) is 73.8 Å². The monoisotopic (exact) mass is 414 g/mol. The van der Waals surface area contributed by atoms with Crippen LogP contribution in [0.2, 0.25) is 5.02 Å². The molecule has 1 heterocycles. The predicted molar refractivity (Wildman–Crippen MR) is 122 cm³/mol. The molecule has 0 spiro atoms. The van der Waals surface area contributed by atoms with Gasteiger partial charge in [-0.25, -0.2) is 14.7 Å². The molecule has 148 valence electrons. The maximum atomic E-state index is 10.1. The standard InChI is InChI=1S/C24H19ClN4O/c1-17(18-8-4-2-5-9-18)28-29-16-22(19-10-6-3-7-11-19)27-24(29)26-15-20-14-21(25)12-13-23(20)30/h2-16,30H,1H3/b26-15+,28-17-. The number of rotatable bonds is 5. The molecule has 0 radical (unpaired) electrons. The zero-order valence-electron chi connectivity index (χ0n) is 16.3. The highest BCUT2D eigenvalue weighted by molar-refractivity contribution is 6.30. The molecule has 5 nitrogen and oxygen atoms in total. The average molecular weight is 415 g/mol. The van der Waals surface area contributed by atoms with E-state index in [9.17, 15) is 5.11 Å². The van der Waals surface area contributed by atoms with E-state index in [1.54, 1.807) is 16.8 Å². The third-order valence-electron chi connectivity index (χ3n) is 4.50. The number of aliphatic imine (C=N–C) groups is 1. The van der Waals surface area contributed by atoms with E-state index in [0.29, 0.717) is 16.5 Å². The van der Waals surface area contributed by atoms with E-state index in [0.717, 1.165) is 22.5 Å². The van der Waals surface area contributed by atoms with Gasteiger partial charge >= 0.3 is 0 Å². The maximum Gasteiger partial charge on any atom is 0.251 e. The van der Waals surface area contributed by atoms with Crippen molar-refractivity contribution in [1.82, 2.24) is 9.66 Å². The maximum absolute atomic E-state index is 10.1. The van der Waals surface area contributed by atoms with Crippen molar-refractivity contribution >= 4 is 29.5 Å². The largest absolute Gasteiger partial charge is 0.507 e. The minimum absolute atomic E-state index is 0.0912. The highest BCUT2D eigenvalue weighted by Crippen LogP contribution is 2.24. The Hall–Kier alpha value is -3.70. The van der Waals surface area contributed by atoms with Crippen molar-refractivity contribution in [2.75, 3.05) is 0 Å². The number of nitrogens with zero attached hydrogens (tertiary/aromatic N) is 4. The number of aromatic hydroxyl groups is 1. The molecule has 1 N–H and O–H groups in total. The predicted octanol–water partition coefficient (Wildman–Crippen LogP) is 5.93. The molecule has 1 aromatic heterocycles. The average Bonchev–Trinajstić information content (AvgIpc) is 3.18. The van der Waals surface area contributed by atoms with Crippen LogP contribution in [0.15, 0.2) is 95.2 Å². The molecule has 4 aromatic rings. The van der Waals surface area contributed by atoms with Gasteiger partial charge in [-0.2, -0.15) is 5.10 Å². The molecule has 6 heteroatoms. The summed E-state index contributed by atoms with van der Waals surface area (Å²) in [6.07, 6.45) is 3.37. The van der Waals surface area contributed by atoms with Crippen molar-refractivity contribution in [2.45, 2.75) is 6.92 Å². The Balaban J connectivity index is 1.77. The van der Waals surface area contributed by atoms with Crippen LogP contribution < -0.4 is 0 Å². The van der Waals surface area contributed by atoms with Gasteiger partial charge < -0.3 is 5.11 Å². The highest BCUT2D eigenvalue weighted by atomic mass is 35.5. The van der Waals surface area contributed by atoms with Gasteiger partial charge in [-0.1, -0.05) is 72.3 Å². The van der Waals surface area contributed by atoms with Crippen molar-refractivity contribution in [1.29, 1.82) is 0 Å². The smallest absolute Gasteiger partial charge is 0.251 e. The summed E-state index contributed by atoms with van der Waals surface area (Å²) in [5, 5.41) is 15.3. The van der Waals surface area contributed by atoms with Gasteiger partial charge in [-0.15, -0.1) is 0 Å². The Morgan fingerprint density at radius 1 is 1.00 bits per heavy atom. The zero-order valence-corrected chi connectivity index (χ0v) is 17.0. The van der Waals surface area contributed by atoms with Crippen LogP contribution in [0.4, 0.5) is 5.95 Å². The van der Waals surface area contributed by atoms with Gasteiger partial charge in [0.05, 0.1) is 17.6 Å². The lowest BCUT2D eigenvalue weighted by molar-refractivity contribution is 0.474. The van der Waals surface area contributed by atoms with Crippen LogP contribution in [-0.4, -0.2) is 26.7 Å². The normalized spacial score (nSPS) is 11.9. The van der Waals surface area contributed by atoms with Crippen molar-refractivity contribution in [2.24, 2.45) is 10.1 Å². The molecule has 0 aliphatic rings. The first-order chi connectivity index (χ1) is 14.6. The van der Waals surface area contributed by atoms with Gasteiger partial charge in [0, 0.05) is 22.4 Å². The van der Waals surface area contributed by atoms with Gasteiger partial charge in [0.1, 0.15) is 5.75 Å². The van der Waals surface area contributed by atoms with E-state index in [1.165, 1.54) is 12.3 Å². The minimum atomic E-state index is 0.0912. The Labute approximate surface area is 179 Å². The van der Waals surface area contributed by atoms with Crippen LogP contribution in [0.3, 0.4) is 0 Å². The third kappa shape index (κ3) is 4.47. The van der Waals surface area contributed by atoms with E-state index >= 15 is 0 Å². The van der Waals surface area contributed by atoms with Gasteiger partial charge in [0.25, 0.3) is 5.95 Å². The van der Waals surface area contributed by atoms with Crippen molar-refractivity contribution in [3.63, 3.8) is 0 Å². The van der Waals surface area contributed by atoms with E-state index in [-0.39, 0.29) is 5.75 Å². The molecule has 0 atom stereocenters. The SMILES string of the molecule is C/C(=N/n1cc(-c2ccccc2)nc1/N=C/c1cc(Cl)ccc1O)c1ccccc1. The van der Waals surface area contributed by atoms with Gasteiger partial charge in [0.2, 0.25) is 0 Å². The van der Waals surface area contributed by atoms with Crippen molar-refractivity contribution < 1.29 is 5.11 Å². The van der Waals surface area contributed by atoms with Crippen molar-refractivity contribution in [3.05, 3.63) is 101 Å². The van der Waals surface area contributed by atoms with Crippen LogP contribution in [0.25, 0.3) is 11.3 Å². The fourth-order valence-electron chi connectivity index (χ4n) is 2.93. The summed E-state index contributed by atoms with van der Waals surface area (Å²) in [6, 6.07) is 24.5. The molecule has 0 aliphatic carbocycles. The van der Waals surface area contributed by atoms with Gasteiger partial charge in [-0.3, -0.25) is 0 Å². The van der Waals surface area contributed by atoms with Gasteiger partial charge in [-0.05, 0) is 30.7 Å². The summed E-state index contributed by atoms with van der Waals surface area (Å²) in [5.41, 5.74) is 4.06. The Kier molecular flexibility index (Phi) is 5.72. The Bertz CT molecular complexity index is 1210. The highest BCUT2D eigenvalue weighted by Gasteiger charge is 2.10. The van der Waals surface area contributed by atoms with E-state index in [4.69, 9.17) is 16.7 Å². The first kappa shape index (κ1) is 19.6. The Morgan fingerprint density at radius 2 is 1.70 bits per heavy atom. The van der Waals surface area contributed by atoms with Crippen LogP contribution >= 0.6 is 11.6 Å². The quantitative estimate of drug-likeness (QED) is 0.411. The topological polar surface area (TPSA) is 62.8 Å². The van der Waals surface area contributed by atoms with Crippen molar-refractivity contribution in [3.8, 4) is 17.0 Å². The molecule has 0 aliphatic heterocycles. The number of hydrogen-bond donors (Lipinski definition) is 1. The molecular formula is C24H19ClN4O. The second kappa shape index (κ2) is 8.76. The summed E-state index contributed by atoms with van der Waals surface area (Å²) < 4.78 is 1.64. The summed E-state index contributed by atoms with van der Waals surface area (Å²) in [5.74, 6) is 0.483. The molecule has 0 saturated carbocycles. The molecule has 30 heavy (non-hydrogen) atoms. The molecule has 0 unspecified atom stereocenters. The summed E-state index contributed by atoms with van der Waals surface area (Å²) in [7, 11) is 0. The Morgan fingerprint density at radius 3 is 2.43 bits per heavy atom. The number of phenolic OH excluding ortho intramolecular Hbond substituents is 1. The molecule has 0 fully saturated rings. The molecule has 0 saturated heterocycles. The van der Waals surface area contributed by atoms with Gasteiger partial charge in [0.15, 0.2) is 0 Å². The number of halogens is 1. The second-order valence-corrected chi connectivity index (χ2v) is 7.09. The fraction of sp³-hybridized carbons (Fsp3) is 0.0417. The summed E-state index contributed by atoms with van der Waals surface area (Å²) in [4.78, 5) is 9.11. The molecule has 0 amide bonds. The third-order valence-corrected chi connectivity index (χ3v) is 4.73. The molecule has 3 aromatic carbocycles. The fourth-order valence-corrected chi connectivity index (χ4v) is 3.11. The van der Waals surface area contributed by atoms with Crippen LogP contribution in [0.5, 0.6) is 5.75 Å². The van der Waals surface area contributed by atoms with E-state index in [2.05, 4.69) is 9.98 Å². The first-order valence-corrected chi connectivity index (χ1v) is 9.76. The van der Waals surface area contributed by atoms with Crippen LogP contribution in [-0.2, 0) is 0 Å². The number of aromatic nitrogens is 2. The first-order valence-electron chi connectivity index (χ1n) is 9.38.